The molecule has 3 saturated carbocycles. The van der Waals surface area contributed by atoms with E-state index in [1.807, 2.05) is 0 Å². The lowest BCUT2D eigenvalue weighted by atomic mass is 9.45. The molecular weight excluding hydrogens is 484 g/mol. The van der Waals surface area contributed by atoms with Gasteiger partial charge in [-0.15, -0.1) is 0 Å². The Morgan fingerprint density at radius 2 is 1.76 bits per heavy atom. The molecule has 3 aliphatic carbocycles. The molecule has 4 atom stereocenters. The Morgan fingerprint density at radius 3 is 2.36 bits per heavy atom. The molecular formula is C25H29BrN4O3. The fourth-order valence-corrected chi connectivity index (χ4v) is 6.51. The summed E-state index contributed by atoms with van der Waals surface area (Å²) in [4.78, 5) is 39.1. The predicted molar refractivity (Wildman–Crippen MR) is 129 cm³/mol. The minimum absolute atomic E-state index is 0.212. The Bertz CT molecular complexity index is 1160. The highest BCUT2D eigenvalue weighted by atomic mass is 79.9. The average molecular weight is 513 g/mol. The summed E-state index contributed by atoms with van der Waals surface area (Å²) in [5, 5.41) is 7.92. The van der Waals surface area contributed by atoms with E-state index in [2.05, 4.69) is 47.1 Å². The molecule has 2 amide bonds. The van der Waals surface area contributed by atoms with Crippen LogP contribution in [-0.2, 0) is 6.54 Å². The molecule has 2 heterocycles. The van der Waals surface area contributed by atoms with Crippen LogP contribution in [0, 0.1) is 23.2 Å². The number of aromatic nitrogens is 2. The van der Waals surface area contributed by atoms with Crippen molar-refractivity contribution < 1.29 is 9.59 Å². The van der Waals surface area contributed by atoms with Crippen molar-refractivity contribution in [3.63, 3.8) is 0 Å². The zero-order valence-corrected chi connectivity index (χ0v) is 20.8. The lowest BCUT2D eigenvalue weighted by molar-refractivity contribution is -0.105. The number of nitrogens with one attached hydrogen (secondary N) is 1. The van der Waals surface area contributed by atoms with E-state index < -0.39 is 0 Å². The van der Waals surface area contributed by atoms with Gasteiger partial charge < -0.3 is 5.32 Å². The second-order valence-electron chi connectivity index (χ2n) is 10.3. The van der Waals surface area contributed by atoms with Crippen LogP contribution in [0.3, 0.4) is 0 Å². The van der Waals surface area contributed by atoms with Crippen molar-refractivity contribution in [1.29, 1.82) is 0 Å². The number of imide groups is 1. The van der Waals surface area contributed by atoms with Crippen molar-refractivity contribution in [3.8, 4) is 0 Å². The quantitative estimate of drug-likeness (QED) is 0.587. The van der Waals surface area contributed by atoms with Crippen LogP contribution < -0.4 is 10.9 Å². The first-order valence-corrected chi connectivity index (χ1v) is 12.5. The lowest BCUT2D eigenvalue weighted by Gasteiger charge is -2.62. The van der Waals surface area contributed by atoms with E-state index >= 15 is 0 Å². The molecule has 2 bridgehead atoms. The zero-order valence-electron chi connectivity index (χ0n) is 19.2. The third-order valence-corrected chi connectivity index (χ3v) is 9.08. The van der Waals surface area contributed by atoms with E-state index in [0.717, 1.165) is 18.0 Å². The van der Waals surface area contributed by atoms with Crippen LogP contribution in [0.1, 0.15) is 60.7 Å². The van der Waals surface area contributed by atoms with Gasteiger partial charge in [0.05, 0.1) is 23.0 Å². The van der Waals surface area contributed by atoms with Crippen molar-refractivity contribution in [2.45, 2.75) is 52.6 Å². The van der Waals surface area contributed by atoms with Gasteiger partial charge in [0.15, 0.2) is 0 Å². The van der Waals surface area contributed by atoms with Crippen LogP contribution >= 0.6 is 15.9 Å². The highest BCUT2D eigenvalue weighted by Crippen LogP contribution is 2.61. The highest BCUT2D eigenvalue weighted by molar-refractivity contribution is 9.10. The molecule has 4 aliphatic rings. The lowest BCUT2D eigenvalue weighted by Crippen LogP contribution is -2.58. The Labute approximate surface area is 201 Å². The largest absolute Gasteiger partial charge is 0.380 e. The monoisotopic (exact) mass is 512 g/mol. The minimum Gasteiger partial charge on any atom is -0.380 e. The van der Waals surface area contributed by atoms with Crippen molar-refractivity contribution in [1.82, 2.24) is 14.7 Å². The van der Waals surface area contributed by atoms with E-state index in [1.165, 1.54) is 16.0 Å². The Morgan fingerprint density at radius 1 is 1.09 bits per heavy atom. The van der Waals surface area contributed by atoms with Gasteiger partial charge in [0, 0.05) is 19.1 Å². The van der Waals surface area contributed by atoms with E-state index in [0.29, 0.717) is 51.9 Å². The van der Waals surface area contributed by atoms with Gasteiger partial charge in [0.2, 0.25) is 0 Å². The summed E-state index contributed by atoms with van der Waals surface area (Å²) in [6.07, 6.45) is 4.57. The molecule has 0 radical (unpaired) electrons. The summed E-state index contributed by atoms with van der Waals surface area (Å²) >= 11 is 3.47. The number of carbonyl (C=O) groups excluding carboxylic acids is 2. The molecule has 6 rings (SSSR count). The van der Waals surface area contributed by atoms with Crippen LogP contribution in [0.25, 0.3) is 0 Å². The number of aryl methyl sites for hydroxylation is 1. The maximum atomic E-state index is 12.9. The fourth-order valence-electron chi connectivity index (χ4n) is 6.09. The molecule has 8 heteroatoms. The van der Waals surface area contributed by atoms with Gasteiger partial charge in [-0.3, -0.25) is 19.3 Å². The molecule has 0 unspecified atom stereocenters. The maximum Gasteiger partial charge on any atom is 0.283 e. The van der Waals surface area contributed by atoms with Gasteiger partial charge in [0.25, 0.3) is 17.4 Å². The summed E-state index contributed by atoms with van der Waals surface area (Å²) in [6, 6.07) is 7.18. The van der Waals surface area contributed by atoms with Gasteiger partial charge in [-0.2, -0.15) is 5.10 Å². The van der Waals surface area contributed by atoms with Gasteiger partial charge in [-0.05, 0) is 70.5 Å². The van der Waals surface area contributed by atoms with Crippen LogP contribution in [0.2, 0.25) is 0 Å². The number of fused-ring (bicyclic) bond motifs is 3. The first kappa shape index (κ1) is 22.3. The Hall–Kier alpha value is -2.48. The Balaban J connectivity index is 1.22. The number of amides is 2. The topological polar surface area (TPSA) is 84.3 Å². The van der Waals surface area contributed by atoms with Gasteiger partial charge in [-0.1, -0.05) is 32.9 Å². The molecule has 174 valence electrons. The molecule has 0 spiro atoms. The number of anilines is 1. The van der Waals surface area contributed by atoms with Gasteiger partial charge in [0.1, 0.15) is 4.47 Å². The fraction of sp³-hybridized carbons (Fsp3) is 0.520. The molecule has 1 aromatic carbocycles. The van der Waals surface area contributed by atoms with Crippen LogP contribution in [-0.4, -0.2) is 39.1 Å². The van der Waals surface area contributed by atoms with Gasteiger partial charge >= 0.3 is 0 Å². The molecule has 33 heavy (non-hydrogen) atoms. The zero-order chi connectivity index (χ0) is 23.5. The number of hydrogen-bond acceptors (Lipinski definition) is 5. The van der Waals surface area contributed by atoms with Crippen molar-refractivity contribution in [3.05, 3.63) is 56.4 Å². The van der Waals surface area contributed by atoms with Crippen molar-refractivity contribution in [2.75, 3.05) is 11.9 Å². The smallest absolute Gasteiger partial charge is 0.283 e. The first-order valence-electron chi connectivity index (χ1n) is 11.7. The van der Waals surface area contributed by atoms with Crippen LogP contribution in [0.5, 0.6) is 0 Å². The second kappa shape index (κ2) is 8.08. The third-order valence-electron chi connectivity index (χ3n) is 8.31. The number of nitrogens with zero attached hydrogens (tertiary/aromatic N) is 3. The SMILES string of the molecule is C[C@H]1[C@H](Nc2cnn(CCCN3C(=O)c4ccccc4C3=O)c(=O)c2Br)C[C@H]2C[C@@H]1C2(C)C. The van der Waals surface area contributed by atoms with Crippen LogP contribution in [0.15, 0.2) is 39.7 Å². The van der Waals surface area contributed by atoms with E-state index in [-0.39, 0.29) is 23.9 Å². The van der Waals surface area contributed by atoms with E-state index in [9.17, 15) is 14.4 Å². The maximum absolute atomic E-state index is 12.9. The summed E-state index contributed by atoms with van der Waals surface area (Å²) in [6.45, 7) is 7.62. The minimum atomic E-state index is -0.278. The molecule has 3 fully saturated rings. The summed E-state index contributed by atoms with van der Waals surface area (Å²) in [7, 11) is 0. The third kappa shape index (κ3) is 3.54. The first-order chi connectivity index (χ1) is 15.7. The Kier molecular flexibility index (Phi) is 5.46. The summed E-state index contributed by atoms with van der Waals surface area (Å²) < 4.78 is 1.86. The average Bonchev–Trinajstić information content (AvgIpc) is 3.04. The van der Waals surface area contributed by atoms with E-state index in [4.69, 9.17) is 0 Å². The number of halogens is 1. The predicted octanol–water partition coefficient (Wildman–Crippen LogP) is 4.17. The molecule has 0 saturated heterocycles. The molecule has 7 nitrogen and oxygen atoms in total. The van der Waals surface area contributed by atoms with E-state index in [1.54, 1.807) is 30.5 Å². The normalized spacial score (nSPS) is 27.3. The molecule has 2 aromatic rings. The molecule has 1 aliphatic heterocycles. The van der Waals surface area contributed by atoms with Crippen molar-refractivity contribution >= 4 is 33.4 Å². The molecule has 1 aromatic heterocycles. The summed E-state index contributed by atoms with van der Waals surface area (Å²) in [5.74, 6) is 1.42. The van der Waals surface area contributed by atoms with Crippen LogP contribution in [0.4, 0.5) is 5.69 Å². The standard InChI is InChI=1S/C25H29BrN4O3/c1-14-18-11-15(25(18,2)3)12-19(14)28-20-13-27-30(24(33)21(20)26)10-6-9-29-22(31)16-7-4-5-8-17(16)23(29)32/h4-5,7-8,13-15,18-19,28H,6,9-12H2,1-3H3/t14-,15-,18+,19-/m1/s1. The highest BCUT2D eigenvalue weighted by Gasteiger charge is 2.56. The molecule has 1 N–H and O–H groups in total. The number of hydrogen-bond donors (Lipinski definition) is 1. The summed E-state index contributed by atoms with van der Waals surface area (Å²) in [5.41, 5.74) is 1.81. The van der Waals surface area contributed by atoms with Gasteiger partial charge in [-0.25, -0.2) is 4.68 Å². The van der Waals surface area contributed by atoms with Crippen molar-refractivity contribution in [2.24, 2.45) is 23.2 Å². The number of rotatable bonds is 6. The number of benzene rings is 1. The number of carbonyl (C=O) groups is 2. The second-order valence-corrected chi connectivity index (χ2v) is 11.1.